The summed E-state index contributed by atoms with van der Waals surface area (Å²) >= 11 is 8.89. The maximum atomic E-state index is 12.6. The van der Waals surface area contributed by atoms with E-state index in [9.17, 15) is 23.1 Å². The van der Waals surface area contributed by atoms with Gasteiger partial charge in [0.1, 0.15) is 5.75 Å². The molecule has 0 radical (unpaired) electrons. The number of rotatable bonds is 2. The van der Waals surface area contributed by atoms with Crippen molar-refractivity contribution in [2.45, 2.75) is 13.1 Å². The Morgan fingerprint density at radius 3 is 2.48 bits per heavy atom. The minimum Gasteiger partial charge on any atom is -0.507 e. The molecule has 0 fully saturated rings. The van der Waals surface area contributed by atoms with Crippen molar-refractivity contribution in [2.75, 3.05) is 5.32 Å². The van der Waals surface area contributed by atoms with Crippen LogP contribution in [0.15, 0.2) is 34.8 Å². The number of phenols is 1. The normalized spacial score (nSPS) is 11.4. The van der Waals surface area contributed by atoms with E-state index in [1.807, 2.05) is 0 Å². The first kappa shape index (κ1) is 17.6. The fraction of sp³-hybridized carbons (Fsp3) is 0.133. The van der Waals surface area contributed by atoms with Gasteiger partial charge in [-0.15, -0.1) is 0 Å². The van der Waals surface area contributed by atoms with E-state index < -0.39 is 17.6 Å². The van der Waals surface area contributed by atoms with E-state index in [1.54, 1.807) is 6.92 Å². The lowest BCUT2D eigenvalue weighted by Crippen LogP contribution is -2.13. The van der Waals surface area contributed by atoms with Gasteiger partial charge in [-0.2, -0.15) is 13.2 Å². The molecule has 2 aromatic carbocycles. The van der Waals surface area contributed by atoms with Crippen LogP contribution in [0, 0.1) is 6.92 Å². The molecule has 8 heteroatoms. The number of carbonyl (C=O) groups is 1. The summed E-state index contributed by atoms with van der Waals surface area (Å²) in [5.41, 5.74) is -0.188. The molecule has 0 aromatic heterocycles. The highest BCUT2D eigenvalue weighted by Crippen LogP contribution is 2.34. The number of hydrogen-bond donors (Lipinski definition) is 2. The standard InChI is InChI=1S/C15H10BrClF3NO2/c1-7-4-13(22)9(6-11(7)17)14(23)21-12-3-2-8(5-10(12)16)15(18,19)20/h2-6,22H,1H3,(H,21,23). The first-order chi connectivity index (χ1) is 10.6. The van der Waals surface area contributed by atoms with E-state index in [0.29, 0.717) is 10.6 Å². The monoisotopic (exact) mass is 407 g/mol. The first-order valence-corrected chi connectivity index (χ1v) is 7.44. The summed E-state index contributed by atoms with van der Waals surface area (Å²) < 4.78 is 37.9. The largest absolute Gasteiger partial charge is 0.507 e. The molecule has 0 atom stereocenters. The number of amides is 1. The number of aryl methyl sites for hydroxylation is 1. The highest BCUT2D eigenvalue weighted by Gasteiger charge is 2.31. The lowest BCUT2D eigenvalue weighted by molar-refractivity contribution is -0.137. The van der Waals surface area contributed by atoms with Crippen LogP contribution in [0.4, 0.5) is 18.9 Å². The van der Waals surface area contributed by atoms with Crippen LogP contribution in [-0.4, -0.2) is 11.0 Å². The average molecular weight is 409 g/mol. The molecule has 1 amide bonds. The number of carbonyl (C=O) groups excluding carboxylic acids is 1. The van der Waals surface area contributed by atoms with Gasteiger partial charge < -0.3 is 10.4 Å². The molecule has 3 nitrogen and oxygen atoms in total. The molecule has 0 heterocycles. The summed E-state index contributed by atoms with van der Waals surface area (Å²) in [5, 5.41) is 12.5. The Morgan fingerprint density at radius 2 is 1.91 bits per heavy atom. The van der Waals surface area contributed by atoms with E-state index in [4.69, 9.17) is 11.6 Å². The van der Waals surface area contributed by atoms with Crippen LogP contribution in [0.3, 0.4) is 0 Å². The minimum absolute atomic E-state index is 0.0679. The second-order valence-corrected chi connectivity index (χ2v) is 6.03. The number of halogens is 5. The van der Waals surface area contributed by atoms with Crippen LogP contribution in [0.1, 0.15) is 21.5 Å². The number of nitrogens with one attached hydrogen (secondary N) is 1. The third-order valence-electron chi connectivity index (χ3n) is 3.07. The molecule has 23 heavy (non-hydrogen) atoms. The van der Waals surface area contributed by atoms with Crippen molar-refractivity contribution in [3.63, 3.8) is 0 Å². The fourth-order valence-corrected chi connectivity index (χ4v) is 2.47. The van der Waals surface area contributed by atoms with Gasteiger partial charge in [0, 0.05) is 9.50 Å². The van der Waals surface area contributed by atoms with E-state index in [-0.39, 0.29) is 21.5 Å². The Bertz CT molecular complexity index is 778. The van der Waals surface area contributed by atoms with Gasteiger partial charge in [-0.25, -0.2) is 0 Å². The van der Waals surface area contributed by atoms with E-state index in [2.05, 4.69) is 21.2 Å². The Balaban J connectivity index is 2.29. The second-order valence-electron chi connectivity index (χ2n) is 4.77. The number of hydrogen-bond acceptors (Lipinski definition) is 2. The summed E-state index contributed by atoms with van der Waals surface area (Å²) in [6, 6.07) is 5.45. The Kier molecular flexibility index (Phi) is 4.91. The SMILES string of the molecule is Cc1cc(O)c(C(=O)Nc2ccc(C(F)(F)F)cc2Br)cc1Cl. The summed E-state index contributed by atoms with van der Waals surface area (Å²) in [6.07, 6.45) is -4.48. The Labute approximate surface area is 143 Å². The summed E-state index contributed by atoms with van der Waals surface area (Å²) in [7, 11) is 0. The van der Waals surface area contributed by atoms with Crippen molar-refractivity contribution in [3.05, 3.63) is 56.5 Å². The van der Waals surface area contributed by atoms with Crippen molar-refractivity contribution in [1.29, 1.82) is 0 Å². The third kappa shape index (κ3) is 3.97. The predicted octanol–water partition coefficient (Wildman–Crippen LogP) is 5.39. The van der Waals surface area contributed by atoms with Gasteiger partial charge in [-0.3, -0.25) is 4.79 Å². The minimum atomic E-state index is -4.48. The lowest BCUT2D eigenvalue weighted by Gasteiger charge is -2.12. The number of alkyl halides is 3. The zero-order valence-electron chi connectivity index (χ0n) is 11.6. The van der Waals surface area contributed by atoms with Crippen LogP contribution < -0.4 is 5.32 Å². The molecule has 2 rings (SSSR count). The van der Waals surface area contributed by atoms with Crippen LogP contribution in [-0.2, 0) is 6.18 Å². The maximum Gasteiger partial charge on any atom is 0.416 e. The van der Waals surface area contributed by atoms with Crippen molar-refractivity contribution in [3.8, 4) is 5.75 Å². The zero-order chi connectivity index (χ0) is 17.4. The second kappa shape index (κ2) is 6.41. The van der Waals surface area contributed by atoms with Crippen molar-refractivity contribution >= 4 is 39.1 Å². The quantitative estimate of drug-likeness (QED) is 0.700. The molecule has 0 aliphatic carbocycles. The van der Waals surface area contributed by atoms with Crippen LogP contribution in [0.25, 0.3) is 0 Å². The van der Waals surface area contributed by atoms with Crippen LogP contribution in [0.2, 0.25) is 5.02 Å². The smallest absolute Gasteiger partial charge is 0.416 e. The molecule has 0 saturated carbocycles. The van der Waals surface area contributed by atoms with E-state index in [1.165, 1.54) is 12.1 Å². The highest BCUT2D eigenvalue weighted by atomic mass is 79.9. The molecule has 122 valence electrons. The van der Waals surface area contributed by atoms with Crippen molar-refractivity contribution in [1.82, 2.24) is 0 Å². The number of benzene rings is 2. The first-order valence-electron chi connectivity index (χ1n) is 6.27. The zero-order valence-corrected chi connectivity index (χ0v) is 14.0. The van der Waals surface area contributed by atoms with E-state index >= 15 is 0 Å². The molecular formula is C15H10BrClF3NO2. The molecule has 2 N–H and O–H groups in total. The average Bonchev–Trinajstić information content (AvgIpc) is 2.43. The van der Waals surface area contributed by atoms with Gasteiger partial charge in [0.15, 0.2) is 0 Å². The predicted molar refractivity (Wildman–Crippen MR) is 85.0 cm³/mol. The van der Waals surface area contributed by atoms with Gasteiger partial charge in [0.2, 0.25) is 0 Å². The summed E-state index contributed by atoms with van der Waals surface area (Å²) in [6.45, 7) is 1.66. The Morgan fingerprint density at radius 1 is 1.26 bits per heavy atom. The lowest BCUT2D eigenvalue weighted by atomic mass is 10.1. The van der Waals surface area contributed by atoms with Gasteiger partial charge in [-0.05, 0) is 58.7 Å². The molecule has 0 bridgehead atoms. The maximum absolute atomic E-state index is 12.6. The molecule has 0 aliphatic heterocycles. The molecule has 0 aliphatic rings. The molecule has 2 aromatic rings. The van der Waals surface area contributed by atoms with Gasteiger partial charge in [0.05, 0.1) is 16.8 Å². The third-order valence-corrected chi connectivity index (χ3v) is 4.13. The van der Waals surface area contributed by atoms with Crippen molar-refractivity contribution < 1.29 is 23.1 Å². The summed E-state index contributed by atoms with van der Waals surface area (Å²) in [5.74, 6) is -0.961. The summed E-state index contributed by atoms with van der Waals surface area (Å²) in [4.78, 5) is 12.2. The van der Waals surface area contributed by atoms with Gasteiger partial charge >= 0.3 is 6.18 Å². The molecular weight excluding hydrogens is 399 g/mol. The van der Waals surface area contributed by atoms with Crippen LogP contribution in [0.5, 0.6) is 5.75 Å². The number of phenolic OH excluding ortho intramolecular Hbond substituents is 1. The van der Waals surface area contributed by atoms with E-state index in [0.717, 1.165) is 18.2 Å². The van der Waals surface area contributed by atoms with Gasteiger partial charge in [-0.1, -0.05) is 11.6 Å². The highest BCUT2D eigenvalue weighted by molar-refractivity contribution is 9.10. The number of anilines is 1. The number of aromatic hydroxyl groups is 1. The topological polar surface area (TPSA) is 49.3 Å². The Hall–Kier alpha value is -1.73. The fourth-order valence-electron chi connectivity index (χ4n) is 1.83. The molecule has 0 spiro atoms. The van der Waals surface area contributed by atoms with Crippen LogP contribution >= 0.6 is 27.5 Å². The molecule has 0 saturated heterocycles. The molecule has 0 unspecified atom stereocenters. The van der Waals surface area contributed by atoms with Crippen molar-refractivity contribution in [2.24, 2.45) is 0 Å². The van der Waals surface area contributed by atoms with Gasteiger partial charge in [0.25, 0.3) is 5.91 Å².